The van der Waals surface area contributed by atoms with E-state index in [0.29, 0.717) is 40.2 Å². The van der Waals surface area contributed by atoms with E-state index in [-0.39, 0.29) is 5.78 Å². The van der Waals surface area contributed by atoms with Crippen molar-refractivity contribution in [1.29, 1.82) is 5.26 Å². The number of rotatable bonds is 6. The molecule has 2 aromatic carbocycles. The lowest BCUT2D eigenvalue weighted by molar-refractivity contribution is 0.0973. The van der Waals surface area contributed by atoms with Gasteiger partial charge in [-0.05, 0) is 25.5 Å². The summed E-state index contributed by atoms with van der Waals surface area (Å²) in [6.07, 6.45) is 0. The number of hydrogen-bond acceptors (Lipinski definition) is 5. The first-order valence-corrected chi connectivity index (χ1v) is 10.5. The zero-order valence-electron chi connectivity index (χ0n) is 18.0. The summed E-state index contributed by atoms with van der Waals surface area (Å²) < 4.78 is 3.43. The first kappa shape index (κ1) is 21.5. The number of benzene rings is 2. The van der Waals surface area contributed by atoms with Crippen LogP contribution in [0, 0.1) is 25.2 Å². The Morgan fingerprint density at radius 3 is 2.47 bits per heavy atom. The van der Waals surface area contributed by atoms with E-state index in [0.717, 1.165) is 11.1 Å². The number of halogens is 1. The van der Waals surface area contributed by atoms with E-state index in [1.165, 1.54) is 0 Å². The Morgan fingerprint density at radius 1 is 1.09 bits per heavy atom. The molecule has 0 aliphatic carbocycles. The second-order valence-electron chi connectivity index (χ2n) is 7.53. The van der Waals surface area contributed by atoms with Crippen molar-refractivity contribution in [3.05, 3.63) is 88.0 Å². The van der Waals surface area contributed by atoms with Crippen molar-refractivity contribution in [1.82, 2.24) is 24.5 Å². The lowest BCUT2D eigenvalue weighted by Gasteiger charge is -2.10. The van der Waals surface area contributed by atoms with Crippen molar-refractivity contribution in [3.8, 4) is 17.5 Å². The number of hydrogen-bond donors (Lipinski definition) is 0. The number of aromatic nitrogens is 5. The molecule has 0 bridgehead atoms. The molecular formula is C24H21ClN6O. The summed E-state index contributed by atoms with van der Waals surface area (Å²) in [5.74, 6) is -0.547. The topological polar surface area (TPSA) is 89.4 Å². The van der Waals surface area contributed by atoms with Crippen LogP contribution in [0.25, 0.3) is 11.4 Å². The summed E-state index contributed by atoms with van der Waals surface area (Å²) in [6, 6.07) is 19.1. The molecule has 7 nitrogen and oxygen atoms in total. The molecule has 0 saturated carbocycles. The summed E-state index contributed by atoms with van der Waals surface area (Å²) in [5, 5.41) is 23.5. The molecule has 0 radical (unpaired) electrons. The minimum Gasteiger partial charge on any atom is -0.313 e. The monoisotopic (exact) mass is 444 g/mol. The van der Waals surface area contributed by atoms with Crippen LogP contribution >= 0.6 is 11.6 Å². The molecule has 32 heavy (non-hydrogen) atoms. The summed E-state index contributed by atoms with van der Waals surface area (Å²) >= 11 is 6.29. The minimum absolute atomic E-state index is 0.300. The summed E-state index contributed by atoms with van der Waals surface area (Å²) in [6.45, 7) is 4.02. The summed E-state index contributed by atoms with van der Waals surface area (Å²) in [7, 11) is 1.76. The Hall–Kier alpha value is -3.76. The quantitative estimate of drug-likeness (QED) is 0.409. The SMILES string of the molecule is Cc1nn(Cc2ccccc2Cl)c(C)c1C(=O)[C@@H](C#N)c1nnc(-c2ccccc2)n1C. The average molecular weight is 445 g/mol. The van der Waals surface area contributed by atoms with E-state index in [4.69, 9.17) is 11.6 Å². The van der Waals surface area contributed by atoms with Crippen molar-refractivity contribution < 1.29 is 4.79 Å². The molecule has 2 heterocycles. The van der Waals surface area contributed by atoms with E-state index in [1.54, 1.807) is 23.2 Å². The standard InChI is InChI=1S/C24H21ClN6O/c1-15-21(16(2)31(29-15)14-18-11-7-8-12-20(18)25)22(32)19(13-26)24-28-27-23(30(24)3)17-9-5-4-6-10-17/h4-12,19H,14H2,1-3H3/t19-/m1/s1. The van der Waals surface area contributed by atoms with E-state index in [2.05, 4.69) is 21.4 Å². The number of carbonyl (C=O) groups excluding carboxylic acids is 1. The zero-order valence-corrected chi connectivity index (χ0v) is 18.7. The van der Waals surface area contributed by atoms with Crippen molar-refractivity contribution in [2.75, 3.05) is 0 Å². The molecule has 0 spiro atoms. The van der Waals surface area contributed by atoms with Gasteiger partial charge in [-0.2, -0.15) is 10.4 Å². The Morgan fingerprint density at radius 2 is 1.78 bits per heavy atom. The first-order chi connectivity index (χ1) is 15.4. The van der Waals surface area contributed by atoms with Gasteiger partial charge in [0.05, 0.1) is 23.9 Å². The van der Waals surface area contributed by atoms with E-state index in [9.17, 15) is 10.1 Å². The number of nitriles is 1. The van der Waals surface area contributed by atoms with Gasteiger partial charge in [-0.25, -0.2) is 0 Å². The minimum atomic E-state index is -1.10. The Balaban J connectivity index is 1.68. The second kappa shape index (κ2) is 8.77. The zero-order chi connectivity index (χ0) is 22.8. The molecule has 0 N–H and O–H groups in total. The molecule has 0 amide bonds. The highest BCUT2D eigenvalue weighted by atomic mass is 35.5. The predicted molar refractivity (Wildman–Crippen MR) is 121 cm³/mol. The highest BCUT2D eigenvalue weighted by molar-refractivity contribution is 6.31. The number of ketones is 1. The fraction of sp³-hybridized carbons (Fsp3) is 0.208. The molecule has 0 aliphatic heterocycles. The average Bonchev–Trinajstić information content (AvgIpc) is 3.30. The Kier molecular flexibility index (Phi) is 5.89. The normalized spacial score (nSPS) is 11.8. The first-order valence-electron chi connectivity index (χ1n) is 10.1. The van der Waals surface area contributed by atoms with Gasteiger partial charge in [-0.3, -0.25) is 9.48 Å². The second-order valence-corrected chi connectivity index (χ2v) is 7.94. The van der Waals surface area contributed by atoms with Crippen LogP contribution in [0.5, 0.6) is 0 Å². The molecule has 8 heteroatoms. The predicted octanol–water partition coefficient (Wildman–Crippen LogP) is 4.49. The van der Waals surface area contributed by atoms with Crippen molar-refractivity contribution in [2.45, 2.75) is 26.3 Å². The fourth-order valence-electron chi connectivity index (χ4n) is 3.80. The van der Waals surface area contributed by atoms with Gasteiger partial charge in [0.1, 0.15) is 0 Å². The highest BCUT2D eigenvalue weighted by Crippen LogP contribution is 2.27. The van der Waals surface area contributed by atoms with Crippen LogP contribution in [-0.4, -0.2) is 30.3 Å². The molecule has 0 saturated heterocycles. The van der Waals surface area contributed by atoms with Crippen LogP contribution in [-0.2, 0) is 13.6 Å². The lowest BCUT2D eigenvalue weighted by atomic mass is 9.96. The van der Waals surface area contributed by atoms with E-state index >= 15 is 0 Å². The summed E-state index contributed by atoms with van der Waals surface area (Å²) in [4.78, 5) is 13.5. The van der Waals surface area contributed by atoms with Crippen LogP contribution in [0.4, 0.5) is 0 Å². The van der Waals surface area contributed by atoms with Crippen LogP contribution in [0.2, 0.25) is 5.02 Å². The number of aryl methyl sites for hydroxylation is 1. The number of Topliss-reactive ketones (excluding diaryl/α,β-unsaturated/α-hetero) is 1. The van der Waals surface area contributed by atoms with Crippen LogP contribution in [0.1, 0.15) is 39.1 Å². The Bertz CT molecular complexity index is 1330. The summed E-state index contributed by atoms with van der Waals surface area (Å²) in [5.41, 5.74) is 3.42. The van der Waals surface area contributed by atoms with Gasteiger partial charge in [0.25, 0.3) is 0 Å². The van der Waals surface area contributed by atoms with Crippen LogP contribution in [0.3, 0.4) is 0 Å². The third-order valence-electron chi connectivity index (χ3n) is 5.50. The molecule has 4 rings (SSSR count). The van der Waals surface area contributed by atoms with Gasteiger partial charge in [-0.15, -0.1) is 10.2 Å². The molecule has 160 valence electrons. The van der Waals surface area contributed by atoms with Crippen molar-refractivity contribution in [3.63, 3.8) is 0 Å². The molecule has 4 aromatic rings. The maximum Gasteiger partial charge on any atom is 0.191 e. The fourth-order valence-corrected chi connectivity index (χ4v) is 4.00. The third kappa shape index (κ3) is 3.81. The van der Waals surface area contributed by atoms with Gasteiger partial charge in [-0.1, -0.05) is 60.1 Å². The Labute approximate surface area is 190 Å². The molecule has 0 aliphatic rings. The van der Waals surface area contributed by atoms with E-state index < -0.39 is 5.92 Å². The van der Waals surface area contributed by atoms with Crippen LogP contribution < -0.4 is 0 Å². The molecule has 0 fully saturated rings. The third-order valence-corrected chi connectivity index (χ3v) is 5.86. The van der Waals surface area contributed by atoms with Gasteiger partial charge < -0.3 is 4.57 Å². The molecule has 2 aromatic heterocycles. The van der Waals surface area contributed by atoms with E-state index in [1.807, 2.05) is 61.5 Å². The van der Waals surface area contributed by atoms with Crippen molar-refractivity contribution >= 4 is 17.4 Å². The van der Waals surface area contributed by atoms with Crippen LogP contribution in [0.15, 0.2) is 54.6 Å². The van der Waals surface area contributed by atoms with Gasteiger partial charge in [0.15, 0.2) is 23.3 Å². The lowest BCUT2D eigenvalue weighted by Crippen LogP contribution is -2.17. The smallest absolute Gasteiger partial charge is 0.191 e. The number of nitrogens with zero attached hydrogens (tertiary/aromatic N) is 6. The molecule has 0 unspecified atom stereocenters. The van der Waals surface area contributed by atoms with Crippen molar-refractivity contribution in [2.24, 2.45) is 7.05 Å². The maximum atomic E-state index is 13.5. The molecule has 1 atom stereocenters. The van der Waals surface area contributed by atoms with Gasteiger partial charge in [0, 0.05) is 23.3 Å². The maximum absolute atomic E-state index is 13.5. The molecular weight excluding hydrogens is 424 g/mol. The highest BCUT2D eigenvalue weighted by Gasteiger charge is 2.31. The number of carbonyl (C=O) groups is 1. The van der Waals surface area contributed by atoms with Gasteiger partial charge in [0.2, 0.25) is 0 Å². The van der Waals surface area contributed by atoms with Gasteiger partial charge >= 0.3 is 0 Å². The largest absolute Gasteiger partial charge is 0.313 e.